The van der Waals surface area contributed by atoms with E-state index in [0.29, 0.717) is 12.2 Å². The molecule has 2 aromatic heterocycles. The smallest absolute Gasteiger partial charge is 0.269 e. The van der Waals surface area contributed by atoms with Gasteiger partial charge >= 0.3 is 0 Å². The molecule has 0 saturated heterocycles. The third-order valence-corrected chi connectivity index (χ3v) is 4.25. The van der Waals surface area contributed by atoms with Crippen LogP contribution in [0.25, 0.3) is 0 Å². The Bertz CT molecular complexity index is 644. The molecule has 0 atom stereocenters. The van der Waals surface area contributed by atoms with E-state index in [4.69, 9.17) is 11.6 Å². The summed E-state index contributed by atoms with van der Waals surface area (Å²) in [7, 11) is -3.70. The number of hydrogen-bond donors (Lipinski definition) is 0. The Labute approximate surface area is 104 Å². The van der Waals surface area contributed by atoms with Gasteiger partial charge in [0.1, 0.15) is 4.90 Å². The van der Waals surface area contributed by atoms with Crippen molar-refractivity contribution >= 4 is 21.6 Å². The van der Waals surface area contributed by atoms with Crippen LogP contribution in [0.5, 0.6) is 0 Å². The SMILES string of the molecule is CCn1ncc(S(=O)(=O)n2cc(Cl)cn2)c1C. The fourth-order valence-electron chi connectivity index (χ4n) is 1.52. The van der Waals surface area contributed by atoms with Gasteiger partial charge in [-0.15, -0.1) is 0 Å². The second kappa shape index (κ2) is 4.15. The van der Waals surface area contributed by atoms with Crippen molar-refractivity contribution in [2.24, 2.45) is 0 Å². The molecule has 0 aliphatic heterocycles. The standard InChI is InChI=1S/C9H11ClN4O2S/c1-3-13-7(2)9(5-11-13)17(15,16)14-6-8(10)4-12-14/h4-6H,3H2,1-2H3. The van der Waals surface area contributed by atoms with Crippen LogP contribution in [0.2, 0.25) is 5.02 Å². The van der Waals surface area contributed by atoms with Crippen molar-refractivity contribution in [3.8, 4) is 0 Å². The topological polar surface area (TPSA) is 69.8 Å². The third-order valence-electron chi connectivity index (χ3n) is 2.41. The molecule has 2 aromatic rings. The Morgan fingerprint density at radius 3 is 2.53 bits per heavy atom. The quantitative estimate of drug-likeness (QED) is 0.846. The van der Waals surface area contributed by atoms with Gasteiger partial charge in [0.2, 0.25) is 0 Å². The first-order valence-corrected chi connectivity index (χ1v) is 6.76. The Balaban J connectivity index is 2.56. The minimum Gasteiger partial charge on any atom is -0.269 e. The third kappa shape index (κ3) is 1.96. The first kappa shape index (κ1) is 12.1. The van der Waals surface area contributed by atoms with E-state index in [2.05, 4.69) is 10.2 Å². The molecule has 6 nitrogen and oxygen atoms in total. The highest BCUT2D eigenvalue weighted by Crippen LogP contribution is 2.18. The summed E-state index contributed by atoms with van der Waals surface area (Å²) in [6.07, 6.45) is 3.85. The summed E-state index contributed by atoms with van der Waals surface area (Å²) in [5.41, 5.74) is 0.583. The minimum atomic E-state index is -3.70. The zero-order valence-electron chi connectivity index (χ0n) is 9.33. The fraction of sp³-hybridized carbons (Fsp3) is 0.333. The van der Waals surface area contributed by atoms with E-state index < -0.39 is 10.0 Å². The van der Waals surface area contributed by atoms with Crippen LogP contribution in [0.15, 0.2) is 23.5 Å². The molecule has 0 aliphatic rings. The minimum absolute atomic E-state index is 0.138. The molecule has 8 heteroatoms. The van der Waals surface area contributed by atoms with Crippen molar-refractivity contribution in [3.05, 3.63) is 29.3 Å². The lowest BCUT2D eigenvalue weighted by molar-refractivity contribution is 0.578. The summed E-state index contributed by atoms with van der Waals surface area (Å²) in [5, 5.41) is 7.97. The van der Waals surface area contributed by atoms with Gasteiger partial charge in [0, 0.05) is 6.54 Å². The number of nitrogens with zero attached hydrogens (tertiary/aromatic N) is 4. The van der Waals surface area contributed by atoms with Crippen molar-refractivity contribution in [2.75, 3.05) is 0 Å². The average Bonchev–Trinajstić information content (AvgIpc) is 2.85. The molecule has 0 N–H and O–H groups in total. The van der Waals surface area contributed by atoms with Crippen molar-refractivity contribution in [1.29, 1.82) is 0 Å². The largest absolute Gasteiger partial charge is 0.286 e. The molecule has 2 heterocycles. The van der Waals surface area contributed by atoms with Gasteiger partial charge in [0.05, 0.1) is 29.3 Å². The van der Waals surface area contributed by atoms with Crippen LogP contribution in [0.1, 0.15) is 12.6 Å². The summed E-state index contributed by atoms with van der Waals surface area (Å²) in [5.74, 6) is 0. The molecule has 2 rings (SSSR count). The van der Waals surface area contributed by atoms with Crippen molar-refractivity contribution in [3.63, 3.8) is 0 Å². The van der Waals surface area contributed by atoms with E-state index in [1.165, 1.54) is 18.6 Å². The number of rotatable bonds is 3. The van der Waals surface area contributed by atoms with E-state index in [1.807, 2.05) is 6.92 Å². The molecule has 0 unspecified atom stereocenters. The van der Waals surface area contributed by atoms with Crippen LogP contribution >= 0.6 is 11.6 Å². The van der Waals surface area contributed by atoms with Crippen molar-refractivity contribution in [1.82, 2.24) is 19.0 Å². The van der Waals surface area contributed by atoms with Crippen LogP contribution in [0, 0.1) is 6.92 Å². The highest BCUT2D eigenvalue weighted by molar-refractivity contribution is 7.89. The normalized spacial score (nSPS) is 11.9. The second-order valence-electron chi connectivity index (χ2n) is 3.45. The molecule has 17 heavy (non-hydrogen) atoms. The van der Waals surface area contributed by atoms with E-state index in [-0.39, 0.29) is 9.92 Å². The van der Waals surface area contributed by atoms with Crippen LogP contribution in [0.3, 0.4) is 0 Å². The van der Waals surface area contributed by atoms with Gasteiger partial charge in [-0.2, -0.15) is 22.7 Å². The van der Waals surface area contributed by atoms with Gasteiger partial charge in [-0.05, 0) is 13.8 Å². The van der Waals surface area contributed by atoms with Gasteiger partial charge in [-0.25, -0.2) is 0 Å². The van der Waals surface area contributed by atoms with Crippen molar-refractivity contribution in [2.45, 2.75) is 25.3 Å². The Kier molecular flexibility index (Phi) is 2.96. The summed E-state index contributed by atoms with van der Waals surface area (Å²) >= 11 is 5.66. The summed E-state index contributed by atoms with van der Waals surface area (Å²) in [6, 6.07) is 0. The maximum atomic E-state index is 12.2. The first-order valence-electron chi connectivity index (χ1n) is 4.95. The molecule has 0 fully saturated rings. The zero-order chi connectivity index (χ0) is 12.6. The highest BCUT2D eigenvalue weighted by atomic mass is 35.5. The maximum absolute atomic E-state index is 12.2. The van der Waals surface area contributed by atoms with Gasteiger partial charge in [0.25, 0.3) is 10.0 Å². The summed E-state index contributed by atoms with van der Waals surface area (Å²) < 4.78 is 26.8. The first-order chi connectivity index (χ1) is 7.96. The second-order valence-corrected chi connectivity index (χ2v) is 5.65. The molecule has 0 aromatic carbocycles. The molecular weight excluding hydrogens is 264 g/mol. The summed E-state index contributed by atoms with van der Waals surface area (Å²) in [4.78, 5) is 0.138. The van der Waals surface area contributed by atoms with Gasteiger partial charge in [-0.1, -0.05) is 11.6 Å². The van der Waals surface area contributed by atoms with Crippen molar-refractivity contribution < 1.29 is 8.42 Å². The van der Waals surface area contributed by atoms with Crippen LogP contribution in [-0.4, -0.2) is 27.4 Å². The Morgan fingerprint density at radius 2 is 2.06 bits per heavy atom. The van der Waals surface area contributed by atoms with E-state index in [1.54, 1.807) is 11.6 Å². The Hall–Kier alpha value is -1.34. The lowest BCUT2D eigenvalue weighted by Crippen LogP contribution is -2.14. The molecule has 0 amide bonds. The predicted molar refractivity (Wildman–Crippen MR) is 62.5 cm³/mol. The van der Waals surface area contributed by atoms with Gasteiger partial charge < -0.3 is 0 Å². The molecule has 0 spiro atoms. The predicted octanol–water partition coefficient (Wildman–Crippen LogP) is 1.30. The number of hydrogen-bond acceptors (Lipinski definition) is 4. The molecule has 0 bridgehead atoms. The number of aryl methyl sites for hydroxylation is 1. The van der Waals surface area contributed by atoms with Crippen LogP contribution < -0.4 is 0 Å². The molecule has 0 saturated carbocycles. The molecular formula is C9H11ClN4O2S. The Morgan fingerprint density at radius 1 is 1.35 bits per heavy atom. The van der Waals surface area contributed by atoms with Gasteiger partial charge in [-0.3, -0.25) is 4.68 Å². The summed E-state index contributed by atoms with van der Waals surface area (Å²) in [6.45, 7) is 4.21. The maximum Gasteiger partial charge on any atom is 0.286 e. The number of halogens is 1. The van der Waals surface area contributed by atoms with Gasteiger partial charge in [0.15, 0.2) is 0 Å². The zero-order valence-corrected chi connectivity index (χ0v) is 10.9. The molecule has 0 aliphatic carbocycles. The highest BCUT2D eigenvalue weighted by Gasteiger charge is 2.23. The fourth-order valence-corrected chi connectivity index (χ4v) is 3.00. The average molecular weight is 275 g/mol. The van der Waals surface area contributed by atoms with E-state index in [9.17, 15) is 8.42 Å². The van der Waals surface area contributed by atoms with E-state index in [0.717, 1.165) is 4.09 Å². The lowest BCUT2D eigenvalue weighted by atomic mass is 10.5. The van der Waals surface area contributed by atoms with Crippen LogP contribution in [-0.2, 0) is 16.6 Å². The molecule has 92 valence electrons. The lowest BCUT2D eigenvalue weighted by Gasteiger charge is -2.04. The van der Waals surface area contributed by atoms with E-state index >= 15 is 0 Å². The molecule has 0 radical (unpaired) electrons. The monoisotopic (exact) mass is 274 g/mol. The number of aromatic nitrogens is 4. The van der Waals surface area contributed by atoms with Crippen LogP contribution in [0.4, 0.5) is 0 Å².